The molecule has 3 nitrogen and oxygen atoms in total. The third kappa shape index (κ3) is 3.77. The summed E-state index contributed by atoms with van der Waals surface area (Å²) in [4.78, 5) is 4.11. The lowest BCUT2D eigenvalue weighted by Crippen LogP contribution is -2.04. The van der Waals surface area contributed by atoms with E-state index in [0.717, 1.165) is 34.8 Å². The molecule has 0 aliphatic heterocycles. The first-order valence-corrected chi connectivity index (χ1v) is 8.20. The van der Waals surface area contributed by atoms with Gasteiger partial charge in [0.2, 0.25) is 0 Å². The summed E-state index contributed by atoms with van der Waals surface area (Å²) < 4.78 is 40.9. The Morgan fingerprint density at radius 1 is 1.15 bits per heavy atom. The number of hydrogen-bond donors (Lipinski definition) is 0. The summed E-state index contributed by atoms with van der Waals surface area (Å²) in [7, 11) is 0. The summed E-state index contributed by atoms with van der Waals surface area (Å²) >= 11 is 0. The lowest BCUT2D eigenvalue weighted by atomic mass is 10.0. The normalized spacial score (nSPS) is 12.1. The van der Waals surface area contributed by atoms with Crippen LogP contribution in [0.2, 0.25) is 0 Å². The van der Waals surface area contributed by atoms with Gasteiger partial charge in [-0.05, 0) is 61.4 Å². The quantitative estimate of drug-likeness (QED) is 0.568. The molecule has 0 aliphatic rings. The molecule has 3 aromatic rings. The van der Waals surface area contributed by atoms with Crippen LogP contribution in [0.3, 0.4) is 0 Å². The Hall–Kier alpha value is -3.33. The number of aromatic nitrogens is 2. The molecule has 0 unspecified atom stereocenters. The van der Waals surface area contributed by atoms with Gasteiger partial charge < -0.3 is 4.57 Å². The number of aryl methyl sites for hydroxylation is 1. The number of allylic oxidation sites excluding steroid dienone is 1. The highest BCUT2D eigenvalue weighted by molar-refractivity contribution is 5.90. The number of benzene rings is 1. The topological polar surface area (TPSA) is 41.6 Å². The zero-order chi connectivity index (χ0) is 19.6. The monoisotopic (exact) mass is 367 g/mol. The third-order valence-electron chi connectivity index (χ3n) is 4.30. The van der Waals surface area contributed by atoms with Crippen LogP contribution in [0.5, 0.6) is 0 Å². The molecule has 0 N–H and O–H groups in total. The first-order chi connectivity index (χ1) is 12.8. The smallest absolute Gasteiger partial charge is 0.316 e. The van der Waals surface area contributed by atoms with E-state index in [1.807, 2.05) is 42.7 Å². The molecule has 27 heavy (non-hydrogen) atoms. The van der Waals surface area contributed by atoms with Crippen molar-refractivity contribution >= 4 is 11.6 Å². The Morgan fingerprint density at radius 2 is 1.93 bits per heavy atom. The van der Waals surface area contributed by atoms with Crippen molar-refractivity contribution in [2.45, 2.75) is 20.0 Å². The van der Waals surface area contributed by atoms with E-state index in [2.05, 4.69) is 4.98 Å². The van der Waals surface area contributed by atoms with Crippen LogP contribution in [-0.2, 0) is 6.18 Å². The Morgan fingerprint density at radius 3 is 2.56 bits per heavy atom. The van der Waals surface area contributed by atoms with Crippen LogP contribution in [-0.4, -0.2) is 9.55 Å². The van der Waals surface area contributed by atoms with Gasteiger partial charge in [0.1, 0.15) is 0 Å². The Bertz CT molecular complexity index is 1040. The van der Waals surface area contributed by atoms with Crippen molar-refractivity contribution in [3.05, 3.63) is 82.9 Å². The van der Waals surface area contributed by atoms with Crippen molar-refractivity contribution < 1.29 is 13.2 Å². The number of alkyl halides is 3. The molecule has 136 valence electrons. The van der Waals surface area contributed by atoms with Crippen LogP contribution in [0.25, 0.3) is 17.3 Å². The minimum Gasteiger partial charge on any atom is -0.316 e. The van der Waals surface area contributed by atoms with E-state index in [-0.39, 0.29) is 11.1 Å². The maximum absolute atomic E-state index is 13.0. The van der Waals surface area contributed by atoms with Gasteiger partial charge in [0.05, 0.1) is 29.1 Å². The molecule has 0 saturated heterocycles. The maximum atomic E-state index is 13.0. The molecule has 2 heterocycles. The van der Waals surface area contributed by atoms with Crippen LogP contribution < -0.4 is 0 Å². The summed E-state index contributed by atoms with van der Waals surface area (Å²) in [6, 6.07) is 12.5. The largest absolute Gasteiger partial charge is 0.416 e. The first-order valence-electron chi connectivity index (χ1n) is 8.20. The molecule has 0 atom stereocenters. The molecule has 2 aromatic heterocycles. The molecule has 0 radical (unpaired) electrons. The first kappa shape index (κ1) is 18.5. The molecule has 1 aromatic carbocycles. The van der Waals surface area contributed by atoms with Crippen LogP contribution in [0.15, 0.2) is 54.9 Å². The van der Waals surface area contributed by atoms with Gasteiger partial charge in [0.25, 0.3) is 0 Å². The molecule has 0 aliphatic carbocycles. The van der Waals surface area contributed by atoms with Crippen molar-refractivity contribution in [2.24, 2.45) is 0 Å². The molecule has 0 saturated carbocycles. The minimum absolute atomic E-state index is 0.174. The molecule has 0 bridgehead atoms. The Balaban J connectivity index is 2.07. The van der Waals surface area contributed by atoms with Crippen LogP contribution in [0.1, 0.15) is 28.1 Å². The lowest BCUT2D eigenvalue weighted by Gasteiger charge is -2.09. The summed E-state index contributed by atoms with van der Waals surface area (Å²) in [6.45, 7) is 3.82. The fourth-order valence-corrected chi connectivity index (χ4v) is 3.02. The van der Waals surface area contributed by atoms with Gasteiger partial charge >= 0.3 is 6.18 Å². The van der Waals surface area contributed by atoms with Crippen molar-refractivity contribution in [3.63, 3.8) is 0 Å². The predicted molar refractivity (Wildman–Crippen MR) is 98.0 cm³/mol. The van der Waals surface area contributed by atoms with E-state index in [1.54, 1.807) is 18.5 Å². The molecule has 0 amide bonds. The minimum atomic E-state index is -4.45. The standard InChI is InChI=1S/C21H16F3N3/c1-14-9-17(15(2)27(14)20-7-4-8-26-13-20)10-18(12-25)16-5-3-6-19(11-16)21(22,23)24/h3-11,13H,1-2H3/b18-10-. The highest BCUT2D eigenvalue weighted by Crippen LogP contribution is 2.32. The van der Waals surface area contributed by atoms with Crippen molar-refractivity contribution in [1.82, 2.24) is 9.55 Å². The average Bonchev–Trinajstić information content (AvgIpc) is 2.93. The van der Waals surface area contributed by atoms with Gasteiger partial charge in [-0.2, -0.15) is 18.4 Å². The molecule has 0 spiro atoms. The number of halogens is 3. The van der Waals surface area contributed by atoms with Crippen LogP contribution in [0.4, 0.5) is 13.2 Å². The fraction of sp³-hybridized carbons (Fsp3) is 0.143. The molecule has 6 heteroatoms. The van der Waals surface area contributed by atoms with Gasteiger partial charge in [-0.15, -0.1) is 0 Å². The molecular formula is C21H16F3N3. The Labute approximate surface area is 155 Å². The van der Waals surface area contributed by atoms with E-state index in [1.165, 1.54) is 12.1 Å². The Kier molecular flexibility index (Phi) is 4.87. The van der Waals surface area contributed by atoms with Gasteiger partial charge in [-0.3, -0.25) is 4.98 Å². The third-order valence-corrected chi connectivity index (χ3v) is 4.30. The summed E-state index contributed by atoms with van der Waals surface area (Å²) in [5, 5.41) is 9.50. The van der Waals surface area contributed by atoms with E-state index < -0.39 is 11.7 Å². The lowest BCUT2D eigenvalue weighted by molar-refractivity contribution is -0.137. The second-order valence-corrected chi connectivity index (χ2v) is 6.12. The number of nitriles is 1. The van der Waals surface area contributed by atoms with Crippen LogP contribution >= 0.6 is 0 Å². The maximum Gasteiger partial charge on any atom is 0.416 e. The number of rotatable bonds is 3. The van der Waals surface area contributed by atoms with E-state index in [4.69, 9.17) is 0 Å². The number of pyridine rings is 1. The van der Waals surface area contributed by atoms with Gasteiger partial charge in [0, 0.05) is 17.6 Å². The number of hydrogen-bond acceptors (Lipinski definition) is 2. The van der Waals surface area contributed by atoms with E-state index in [9.17, 15) is 18.4 Å². The predicted octanol–water partition coefficient (Wildman–Crippen LogP) is 5.57. The number of nitrogens with zero attached hydrogens (tertiary/aromatic N) is 3. The SMILES string of the molecule is Cc1cc(/C=C(/C#N)c2cccc(C(F)(F)F)c2)c(C)n1-c1cccnc1. The average molecular weight is 367 g/mol. The van der Waals surface area contributed by atoms with Crippen molar-refractivity contribution in [2.75, 3.05) is 0 Å². The zero-order valence-electron chi connectivity index (χ0n) is 14.7. The highest BCUT2D eigenvalue weighted by Gasteiger charge is 2.30. The zero-order valence-corrected chi connectivity index (χ0v) is 14.7. The summed E-state index contributed by atoms with van der Waals surface area (Å²) in [5.74, 6) is 0. The van der Waals surface area contributed by atoms with E-state index in [0.29, 0.717) is 0 Å². The van der Waals surface area contributed by atoms with Gasteiger partial charge in [-0.1, -0.05) is 12.1 Å². The van der Waals surface area contributed by atoms with Gasteiger partial charge in [0.15, 0.2) is 0 Å². The van der Waals surface area contributed by atoms with Crippen molar-refractivity contribution in [3.8, 4) is 11.8 Å². The van der Waals surface area contributed by atoms with E-state index >= 15 is 0 Å². The molecular weight excluding hydrogens is 351 g/mol. The molecule has 0 fully saturated rings. The molecule has 3 rings (SSSR count). The van der Waals surface area contributed by atoms with Crippen LogP contribution in [0, 0.1) is 25.2 Å². The summed E-state index contributed by atoms with van der Waals surface area (Å²) in [5.41, 5.74) is 3.09. The second kappa shape index (κ2) is 7.12. The fourth-order valence-electron chi connectivity index (χ4n) is 3.02. The second-order valence-electron chi connectivity index (χ2n) is 6.12. The van der Waals surface area contributed by atoms with Gasteiger partial charge in [-0.25, -0.2) is 0 Å². The van der Waals surface area contributed by atoms with Crippen molar-refractivity contribution in [1.29, 1.82) is 5.26 Å². The highest BCUT2D eigenvalue weighted by atomic mass is 19.4. The summed E-state index contributed by atoms with van der Waals surface area (Å²) in [6.07, 6.45) is 0.572.